The highest BCUT2D eigenvalue weighted by atomic mass is 32.2. The van der Waals surface area contributed by atoms with Gasteiger partial charge in [-0.05, 0) is 50.8 Å². The SMILES string of the molecule is CCOc1ccc([C@@H]2C[C@H]2NC(=O)C2CCN(S(=O)(=O)CC)CC2)cc1. The predicted molar refractivity (Wildman–Crippen MR) is 101 cm³/mol. The van der Waals surface area contributed by atoms with Gasteiger partial charge in [0.05, 0.1) is 12.4 Å². The van der Waals surface area contributed by atoms with Crippen LogP contribution >= 0.6 is 0 Å². The third-order valence-electron chi connectivity index (χ3n) is 5.32. The lowest BCUT2D eigenvalue weighted by Crippen LogP contribution is -2.44. The maximum Gasteiger partial charge on any atom is 0.223 e. The van der Waals surface area contributed by atoms with Crippen LogP contribution in [0.3, 0.4) is 0 Å². The Morgan fingerprint density at radius 3 is 2.42 bits per heavy atom. The van der Waals surface area contributed by atoms with Crippen molar-refractivity contribution in [3.05, 3.63) is 29.8 Å². The Kier molecular flexibility index (Phi) is 5.87. The molecule has 1 amide bonds. The van der Waals surface area contributed by atoms with Gasteiger partial charge in [0.15, 0.2) is 0 Å². The van der Waals surface area contributed by atoms with Gasteiger partial charge < -0.3 is 10.1 Å². The van der Waals surface area contributed by atoms with Crippen molar-refractivity contribution in [3.8, 4) is 5.75 Å². The molecule has 1 aliphatic carbocycles. The molecule has 0 radical (unpaired) electrons. The number of amides is 1. The van der Waals surface area contributed by atoms with E-state index in [2.05, 4.69) is 17.4 Å². The van der Waals surface area contributed by atoms with E-state index in [0.29, 0.717) is 38.5 Å². The number of benzene rings is 1. The maximum atomic E-state index is 12.5. The van der Waals surface area contributed by atoms with Gasteiger partial charge in [0.1, 0.15) is 5.75 Å². The number of hydrogen-bond donors (Lipinski definition) is 1. The number of hydrogen-bond acceptors (Lipinski definition) is 4. The van der Waals surface area contributed by atoms with Crippen LogP contribution in [0.2, 0.25) is 0 Å². The number of carbonyl (C=O) groups is 1. The molecule has 1 saturated heterocycles. The van der Waals surface area contributed by atoms with Gasteiger partial charge in [0, 0.05) is 31.0 Å². The van der Waals surface area contributed by atoms with Crippen LogP contribution in [-0.4, -0.2) is 50.1 Å². The molecule has 1 aromatic rings. The Hall–Kier alpha value is -1.60. The second kappa shape index (κ2) is 7.96. The molecule has 3 rings (SSSR count). The minimum atomic E-state index is -3.14. The van der Waals surface area contributed by atoms with E-state index in [4.69, 9.17) is 4.74 Å². The zero-order valence-corrected chi connectivity index (χ0v) is 16.3. The number of nitrogens with one attached hydrogen (secondary N) is 1. The minimum absolute atomic E-state index is 0.0667. The Balaban J connectivity index is 1.47. The fourth-order valence-corrected chi connectivity index (χ4v) is 4.71. The molecule has 0 spiro atoms. The van der Waals surface area contributed by atoms with Crippen LogP contribution in [0.15, 0.2) is 24.3 Å². The van der Waals surface area contributed by atoms with E-state index in [1.807, 2.05) is 19.1 Å². The van der Waals surface area contributed by atoms with Gasteiger partial charge in [0.25, 0.3) is 0 Å². The van der Waals surface area contributed by atoms with Crippen LogP contribution in [0.25, 0.3) is 0 Å². The predicted octanol–water partition coefficient (Wildman–Crippen LogP) is 2.12. The van der Waals surface area contributed by atoms with Gasteiger partial charge in [-0.3, -0.25) is 4.79 Å². The topological polar surface area (TPSA) is 75.7 Å². The minimum Gasteiger partial charge on any atom is -0.494 e. The van der Waals surface area contributed by atoms with Crippen molar-refractivity contribution in [1.82, 2.24) is 9.62 Å². The van der Waals surface area contributed by atoms with E-state index in [1.54, 1.807) is 6.92 Å². The van der Waals surface area contributed by atoms with Crippen molar-refractivity contribution in [2.45, 2.75) is 45.1 Å². The highest BCUT2D eigenvalue weighted by Gasteiger charge is 2.41. The molecule has 26 heavy (non-hydrogen) atoms. The van der Waals surface area contributed by atoms with Gasteiger partial charge in [0.2, 0.25) is 15.9 Å². The summed E-state index contributed by atoms with van der Waals surface area (Å²) >= 11 is 0. The first kappa shape index (κ1) is 19.2. The van der Waals surface area contributed by atoms with Crippen LogP contribution in [-0.2, 0) is 14.8 Å². The van der Waals surface area contributed by atoms with Crippen LogP contribution < -0.4 is 10.1 Å². The van der Waals surface area contributed by atoms with Crippen molar-refractivity contribution < 1.29 is 17.9 Å². The van der Waals surface area contributed by atoms with Crippen molar-refractivity contribution in [2.24, 2.45) is 5.92 Å². The van der Waals surface area contributed by atoms with Gasteiger partial charge in [-0.1, -0.05) is 12.1 Å². The molecule has 0 aromatic heterocycles. The average Bonchev–Trinajstić information content (AvgIpc) is 3.42. The summed E-state index contributed by atoms with van der Waals surface area (Å²) in [6.45, 7) is 5.16. The molecule has 1 aliphatic heterocycles. The van der Waals surface area contributed by atoms with E-state index < -0.39 is 10.0 Å². The van der Waals surface area contributed by atoms with Gasteiger partial charge in [-0.25, -0.2) is 12.7 Å². The molecule has 2 aliphatic rings. The third kappa shape index (κ3) is 4.38. The zero-order chi connectivity index (χ0) is 18.7. The maximum absolute atomic E-state index is 12.5. The number of ether oxygens (including phenoxy) is 1. The molecule has 7 heteroatoms. The largest absolute Gasteiger partial charge is 0.494 e. The number of nitrogens with zero attached hydrogens (tertiary/aromatic N) is 1. The van der Waals surface area contributed by atoms with Crippen LogP contribution in [0, 0.1) is 5.92 Å². The number of sulfonamides is 1. The van der Waals surface area contributed by atoms with Gasteiger partial charge in [-0.2, -0.15) is 0 Å². The third-order valence-corrected chi connectivity index (χ3v) is 7.20. The quantitative estimate of drug-likeness (QED) is 0.786. The fraction of sp³-hybridized carbons (Fsp3) is 0.632. The average molecular weight is 381 g/mol. The highest BCUT2D eigenvalue weighted by molar-refractivity contribution is 7.89. The first-order valence-corrected chi connectivity index (χ1v) is 11.1. The molecular weight excluding hydrogens is 352 g/mol. The molecule has 0 bridgehead atoms. The molecule has 0 unspecified atom stereocenters. The smallest absolute Gasteiger partial charge is 0.223 e. The first-order chi connectivity index (χ1) is 12.4. The first-order valence-electron chi connectivity index (χ1n) is 9.45. The Morgan fingerprint density at radius 1 is 1.19 bits per heavy atom. The van der Waals surface area contributed by atoms with Gasteiger partial charge >= 0.3 is 0 Å². The summed E-state index contributed by atoms with van der Waals surface area (Å²) in [6, 6.07) is 8.27. The lowest BCUT2D eigenvalue weighted by Gasteiger charge is -2.30. The molecule has 1 saturated carbocycles. The lowest BCUT2D eigenvalue weighted by atomic mass is 9.97. The standard InChI is InChI=1S/C19H28N2O4S/c1-3-25-16-7-5-14(6-8-16)17-13-18(17)20-19(22)15-9-11-21(12-10-15)26(23,24)4-2/h5-8,15,17-18H,3-4,9-13H2,1-2H3,(H,20,22)/t17-,18+/m0/s1. The zero-order valence-electron chi connectivity index (χ0n) is 15.5. The number of piperidine rings is 1. The summed E-state index contributed by atoms with van der Waals surface area (Å²) in [7, 11) is -3.14. The van der Waals surface area contributed by atoms with E-state index >= 15 is 0 Å². The van der Waals surface area contributed by atoms with Crippen LogP contribution in [0.5, 0.6) is 5.75 Å². The Labute approximate surface area is 156 Å². The molecule has 144 valence electrons. The van der Waals surface area contributed by atoms with E-state index in [-0.39, 0.29) is 23.6 Å². The van der Waals surface area contributed by atoms with E-state index in [0.717, 1.165) is 12.2 Å². The summed E-state index contributed by atoms with van der Waals surface area (Å²) in [4.78, 5) is 12.5. The summed E-state index contributed by atoms with van der Waals surface area (Å²) < 4.78 is 30.8. The molecular formula is C19H28N2O4S. The Morgan fingerprint density at radius 2 is 1.85 bits per heavy atom. The molecule has 6 nitrogen and oxygen atoms in total. The van der Waals surface area contributed by atoms with Crippen LogP contribution in [0.4, 0.5) is 0 Å². The fourth-order valence-electron chi connectivity index (χ4n) is 3.58. The van der Waals surface area contributed by atoms with Crippen molar-refractivity contribution in [1.29, 1.82) is 0 Å². The summed E-state index contributed by atoms with van der Waals surface area (Å²) in [5.74, 6) is 1.34. The molecule has 1 aromatic carbocycles. The monoisotopic (exact) mass is 380 g/mol. The molecule has 2 fully saturated rings. The van der Waals surface area contributed by atoms with Crippen LogP contribution in [0.1, 0.15) is 44.6 Å². The highest BCUT2D eigenvalue weighted by Crippen LogP contribution is 2.41. The van der Waals surface area contributed by atoms with Gasteiger partial charge in [-0.15, -0.1) is 0 Å². The van der Waals surface area contributed by atoms with E-state index in [1.165, 1.54) is 9.87 Å². The Bertz CT molecular complexity index is 724. The normalized spacial score (nSPS) is 24.2. The molecule has 1 heterocycles. The number of rotatable bonds is 7. The summed E-state index contributed by atoms with van der Waals surface area (Å²) in [5.41, 5.74) is 1.22. The summed E-state index contributed by atoms with van der Waals surface area (Å²) in [5, 5.41) is 3.14. The second-order valence-corrected chi connectivity index (χ2v) is 9.29. The van der Waals surface area contributed by atoms with Crippen molar-refractivity contribution in [3.63, 3.8) is 0 Å². The van der Waals surface area contributed by atoms with Crippen molar-refractivity contribution >= 4 is 15.9 Å². The second-order valence-electron chi connectivity index (χ2n) is 7.03. The molecule has 1 N–H and O–H groups in total. The lowest BCUT2D eigenvalue weighted by molar-refractivity contribution is -0.126. The summed E-state index contributed by atoms with van der Waals surface area (Å²) in [6.07, 6.45) is 2.17. The van der Waals surface area contributed by atoms with Crippen molar-refractivity contribution in [2.75, 3.05) is 25.4 Å². The molecule has 2 atom stereocenters. The van der Waals surface area contributed by atoms with E-state index in [9.17, 15) is 13.2 Å². The number of carbonyl (C=O) groups excluding carboxylic acids is 1.